The van der Waals surface area contributed by atoms with E-state index in [0.717, 1.165) is 44.5 Å². The fourth-order valence-electron chi connectivity index (χ4n) is 3.15. The van der Waals surface area contributed by atoms with Crippen molar-refractivity contribution in [1.82, 2.24) is 15.0 Å². The van der Waals surface area contributed by atoms with Crippen LogP contribution in [0.15, 0.2) is 35.1 Å². The van der Waals surface area contributed by atoms with Crippen molar-refractivity contribution < 1.29 is 9.32 Å². The van der Waals surface area contributed by atoms with E-state index >= 15 is 0 Å². The molecule has 1 saturated carbocycles. The first-order valence-electron chi connectivity index (χ1n) is 7.94. The van der Waals surface area contributed by atoms with Crippen LogP contribution in [-0.4, -0.2) is 34.0 Å². The Labute approximate surface area is 129 Å². The van der Waals surface area contributed by atoms with Gasteiger partial charge in [0.1, 0.15) is 5.76 Å². The number of pyridine rings is 1. The first kappa shape index (κ1) is 13.5. The Balaban J connectivity index is 1.38. The highest BCUT2D eigenvalue weighted by atomic mass is 16.5. The maximum Gasteiger partial charge on any atom is 0.276 e. The number of hydrogen-bond donors (Lipinski definition) is 0. The van der Waals surface area contributed by atoms with Crippen LogP contribution in [-0.2, 0) is 6.42 Å². The number of hydrogen-bond acceptors (Lipinski definition) is 4. The molecule has 3 heterocycles. The van der Waals surface area contributed by atoms with E-state index in [0.29, 0.717) is 17.5 Å². The van der Waals surface area contributed by atoms with Gasteiger partial charge in [-0.1, -0.05) is 5.16 Å². The van der Waals surface area contributed by atoms with Gasteiger partial charge in [-0.3, -0.25) is 9.78 Å². The molecular weight excluding hydrogens is 278 g/mol. The summed E-state index contributed by atoms with van der Waals surface area (Å²) in [5.41, 5.74) is 1.75. The Morgan fingerprint density at radius 1 is 1.27 bits per heavy atom. The summed E-state index contributed by atoms with van der Waals surface area (Å²) >= 11 is 0. The van der Waals surface area contributed by atoms with E-state index in [1.165, 1.54) is 5.56 Å². The maximum atomic E-state index is 12.5. The average molecular weight is 297 g/mol. The highest BCUT2D eigenvalue weighted by Crippen LogP contribution is 2.40. The van der Waals surface area contributed by atoms with Crippen LogP contribution in [0.2, 0.25) is 0 Å². The van der Waals surface area contributed by atoms with Crippen LogP contribution in [0.25, 0.3) is 0 Å². The molecule has 5 heteroatoms. The molecule has 2 aromatic rings. The third-order valence-electron chi connectivity index (χ3n) is 4.57. The largest absolute Gasteiger partial charge is 0.360 e. The molecule has 2 aliphatic rings. The SMILES string of the molecule is O=C(c1cc(C2CC2)on1)N1CCC(Cc2ccncc2)C1. The molecule has 2 aromatic heterocycles. The molecule has 0 N–H and O–H groups in total. The maximum absolute atomic E-state index is 12.5. The zero-order valence-corrected chi connectivity index (χ0v) is 12.4. The van der Waals surface area contributed by atoms with Crippen LogP contribution in [0, 0.1) is 5.92 Å². The van der Waals surface area contributed by atoms with Crippen molar-refractivity contribution in [3.63, 3.8) is 0 Å². The van der Waals surface area contributed by atoms with Crippen LogP contribution in [0.1, 0.15) is 47.0 Å². The average Bonchev–Trinajstić information content (AvgIpc) is 3.10. The van der Waals surface area contributed by atoms with Crippen molar-refractivity contribution in [1.29, 1.82) is 0 Å². The third-order valence-corrected chi connectivity index (χ3v) is 4.57. The second-order valence-corrected chi connectivity index (χ2v) is 6.35. The van der Waals surface area contributed by atoms with Crippen LogP contribution in [0.5, 0.6) is 0 Å². The number of aromatic nitrogens is 2. The van der Waals surface area contributed by atoms with Gasteiger partial charge in [0.15, 0.2) is 5.69 Å². The van der Waals surface area contributed by atoms with Crippen molar-refractivity contribution in [3.8, 4) is 0 Å². The Bertz CT molecular complexity index is 664. The number of amides is 1. The van der Waals surface area contributed by atoms with E-state index in [4.69, 9.17) is 4.52 Å². The minimum absolute atomic E-state index is 0.00729. The molecule has 1 saturated heterocycles. The second kappa shape index (κ2) is 5.55. The second-order valence-electron chi connectivity index (χ2n) is 6.35. The fourth-order valence-corrected chi connectivity index (χ4v) is 3.15. The molecule has 114 valence electrons. The monoisotopic (exact) mass is 297 g/mol. The smallest absolute Gasteiger partial charge is 0.276 e. The van der Waals surface area contributed by atoms with Crippen LogP contribution >= 0.6 is 0 Å². The van der Waals surface area contributed by atoms with Gasteiger partial charge >= 0.3 is 0 Å². The summed E-state index contributed by atoms with van der Waals surface area (Å²) < 4.78 is 5.29. The van der Waals surface area contributed by atoms with Crippen molar-refractivity contribution in [2.45, 2.75) is 31.6 Å². The Morgan fingerprint density at radius 2 is 2.09 bits per heavy atom. The van der Waals surface area contributed by atoms with Crippen molar-refractivity contribution in [2.75, 3.05) is 13.1 Å². The van der Waals surface area contributed by atoms with E-state index in [1.54, 1.807) is 0 Å². The lowest BCUT2D eigenvalue weighted by molar-refractivity contribution is 0.0776. The zero-order valence-electron chi connectivity index (χ0n) is 12.4. The molecule has 0 aromatic carbocycles. The summed E-state index contributed by atoms with van der Waals surface area (Å²) in [4.78, 5) is 18.4. The lowest BCUT2D eigenvalue weighted by Gasteiger charge is -2.14. The number of carbonyl (C=O) groups is 1. The molecule has 0 radical (unpaired) electrons. The van der Waals surface area contributed by atoms with E-state index in [9.17, 15) is 4.79 Å². The van der Waals surface area contributed by atoms with Gasteiger partial charge < -0.3 is 9.42 Å². The van der Waals surface area contributed by atoms with Gasteiger partial charge in [0.05, 0.1) is 0 Å². The van der Waals surface area contributed by atoms with Gasteiger partial charge in [0.2, 0.25) is 0 Å². The Hall–Kier alpha value is -2.17. The van der Waals surface area contributed by atoms with Gasteiger partial charge in [-0.25, -0.2) is 0 Å². The van der Waals surface area contributed by atoms with Gasteiger partial charge in [-0.15, -0.1) is 0 Å². The lowest BCUT2D eigenvalue weighted by atomic mass is 10.00. The molecule has 4 rings (SSSR count). The van der Waals surface area contributed by atoms with Crippen molar-refractivity contribution in [2.24, 2.45) is 5.92 Å². The van der Waals surface area contributed by atoms with E-state index < -0.39 is 0 Å². The highest BCUT2D eigenvalue weighted by Gasteiger charge is 2.32. The zero-order chi connectivity index (χ0) is 14.9. The highest BCUT2D eigenvalue weighted by molar-refractivity contribution is 5.92. The van der Waals surface area contributed by atoms with Crippen LogP contribution in [0.3, 0.4) is 0 Å². The first-order chi connectivity index (χ1) is 10.8. The van der Waals surface area contributed by atoms with Crippen LogP contribution in [0.4, 0.5) is 0 Å². The summed E-state index contributed by atoms with van der Waals surface area (Å²) in [6.07, 6.45) is 7.99. The molecule has 22 heavy (non-hydrogen) atoms. The Kier molecular flexibility index (Phi) is 3.41. The number of likely N-dealkylation sites (tertiary alicyclic amines) is 1. The standard InChI is InChI=1S/C17H19N3O2/c21-17(15-10-16(22-19-15)14-1-2-14)20-8-5-13(11-20)9-12-3-6-18-7-4-12/h3-4,6-7,10,13-14H,1-2,5,8-9,11H2. The minimum atomic E-state index is 0.00729. The topological polar surface area (TPSA) is 59.2 Å². The van der Waals surface area contributed by atoms with Crippen molar-refractivity contribution in [3.05, 3.63) is 47.6 Å². The number of nitrogens with zero attached hydrogens (tertiary/aromatic N) is 3. The van der Waals surface area contributed by atoms with Crippen molar-refractivity contribution >= 4 is 5.91 Å². The van der Waals surface area contributed by atoms with E-state index in [1.807, 2.05) is 35.5 Å². The molecule has 0 bridgehead atoms. The summed E-state index contributed by atoms with van der Waals surface area (Å²) in [5.74, 6) is 1.89. The number of carbonyl (C=O) groups excluding carboxylic acids is 1. The summed E-state index contributed by atoms with van der Waals surface area (Å²) in [6, 6.07) is 5.92. The predicted octanol–water partition coefficient (Wildman–Crippen LogP) is 2.65. The number of rotatable bonds is 4. The third kappa shape index (κ3) is 2.75. The molecule has 0 spiro atoms. The normalized spacial score (nSPS) is 21.3. The Morgan fingerprint density at radius 3 is 2.86 bits per heavy atom. The molecule has 1 aliphatic carbocycles. The van der Waals surface area contributed by atoms with Gasteiger partial charge in [0.25, 0.3) is 5.91 Å². The summed E-state index contributed by atoms with van der Waals surface area (Å²) in [5, 5.41) is 3.96. The predicted molar refractivity (Wildman–Crippen MR) is 80.4 cm³/mol. The molecule has 1 aliphatic heterocycles. The van der Waals surface area contributed by atoms with Gasteiger partial charge in [-0.2, -0.15) is 0 Å². The molecule has 1 atom stereocenters. The first-order valence-corrected chi connectivity index (χ1v) is 7.94. The van der Waals surface area contributed by atoms with E-state index in [-0.39, 0.29) is 5.91 Å². The molecule has 1 amide bonds. The van der Waals surface area contributed by atoms with E-state index in [2.05, 4.69) is 10.1 Å². The minimum Gasteiger partial charge on any atom is -0.360 e. The lowest BCUT2D eigenvalue weighted by Crippen LogP contribution is -2.29. The fraction of sp³-hybridized carbons (Fsp3) is 0.471. The summed E-state index contributed by atoms with van der Waals surface area (Å²) in [7, 11) is 0. The van der Waals surface area contributed by atoms with Gasteiger partial charge in [0, 0.05) is 37.5 Å². The molecule has 5 nitrogen and oxygen atoms in total. The molecule has 1 unspecified atom stereocenters. The summed E-state index contributed by atoms with van der Waals surface area (Å²) in [6.45, 7) is 1.60. The van der Waals surface area contributed by atoms with Gasteiger partial charge in [-0.05, 0) is 49.3 Å². The van der Waals surface area contributed by atoms with Crippen LogP contribution < -0.4 is 0 Å². The molecular formula is C17H19N3O2. The quantitative estimate of drug-likeness (QED) is 0.870. The molecule has 2 fully saturated rings.